The summed E-state index contributed by atoms with van der Waals surface area (Å²) in [6.07, 6.45) is 4.46. The monoisotopic (exact) mass is 333 g/mol. The molecule has 1 atom stereocenters. The Balaban J connectivity index is 1.94. The Hall–Kier alpha value is -1.13. The third-order valence-electron chi connectivity index (χ3n) is 4.13. The van der Waals surface area contributed by atoms with Crippen LogP contribution in [-0.2, 0) is 0 Å². The molecule has 1 aliphatic rings. The molecule has 1 unspecified atom stereocenters. The van der Waals surface area contributed by atoms with E-state index in [4.69, 9.17) is 0 Å². The zero-order chi connectivity index (χ0) is 14.1. The molecule has 1 fully saturated rings. The van der Waals surface area contributed by atoms with Crippen molar-refractivity contribution in [3.8, 4) is 11.1 Å². The first-order valence-corrected chi connectivity index (χ1v) is 7.97. The van der Waals surface area contributed by atoms with Crippen LogP contribution < -0.4 is 5.32 Å². The Bertz CT molecular complexity index is 612. The number of halogens is 1. The lowest BCUT2D eigenvalue weighted by molar-refractivity contribution is 0.342. The number of aromatic nitrogens is 2. The Morgan fingerprint density at radius 3 is 2.90 bits per heavy atom. The van der Waals surface area contributed by atoms with Gasteiger partial charge in [-0.15, -0.1) is 0 Å². The van der Waals surface area contributed by atoms with E-state index in [1.165, 1.54) is 35.2 Å². The maximum absolute atomic E-state index is 4.63. The molecular formula is C16H20BrN3. The van der Waals surface area contributed by atoms with E-state index >= 15 is 0 Å². The zero-order valence-electron chi connectivity index (χ0n) is 12.0. The molecular weight excluding hydrogens is 314 g/mol. The molecule has 4 heteroatoms. The van der Waals surface area contributed by atoms with Crippen LogP contribution in [0.1, 0.15) is 30.1 Å². The zero-order valence-corrected chi connectivity index (χ0v) is 13.6. The molecule has 1 aromatic heterocycles. The Kier molecular flexibility index (Phi) is 3.94. The molecule has 106 valence electrons. The average Bonchev–Trinajstić information content (AvgIpc) is 2.85. The van der Waals surface area contributed by atoms with Gasteiger partial charge in [-0.1, -0.05) is 28.1 Å². The van der Waals surface area contributed by atoms with Crippen molar-refractivity contribution in [1.82, 2.24) is 15.1 Å². The van der Waals surface area contributed by atoms with Crippen molar-refractivity contribution >= 4 is 15.9 Å². The first-order chi connectivity index (χ1) is 9.66. The van der Waals surface area contributed by atoms with Gasteiger partial charge in [0.2, 0.25) is 0 Å². The summed E-state index contributed by atoms with van der Waals surface area (Å²) in [5.41, 5.74) is 5.01. The van der Waals surface area contributed by atoms with Crippen molar-refractivity contribution in [2.45, 2.75) is 32.7 Å². The number of nitrogens with zero attached hydrogens (tertiary/aromatic N) is 2. The van der Waals surface area contributed by atoms with E-state index in [0.717, 1.165) is 17.6 Å². The molecule has 1 saturated heterocycles. The van der Waals surface area contributed by atoms with Gasteiger partial charge in [-0.25, -0.2) is 0 Å². The van der Waals surface area contributed by atoms with Crippen molar-refractivity contribution in [2.24, 2.45) is 0 Å². The van der Waals surface area contributed by atoms with E-state index in [2.05, 4.69) is 63.1 Å². The molecule has 1 aromatic carbocycles. The largest absolute Gasteiger partial charge is 0.315 e. The highest BCUT2D eigenvalue weighted by Crippen LogP contribution is 2.29. The minimum Gasteiger partial charge on any atom is -0.315 e. The fourth-order valence-corrected chi connectivity index (χ4v) is 3.18. The molecule has 2 aromatic rings. The smallest absolute Gasteiger partial charge is 0.0647 e. The second-order valence-electron chi connectivity index (χ2n) is 5.55. The number of nitrogens with one attached hydrogen (secondary N) is 1. The number of aryl methyl sites for hydroxylation is 1. The van der Waals surface area contributed by atoms with Crippen LogP contribution >= 0.6 is 15.9 Å². The van der Waals surface area contributed by atoms with Gasteiger partial charge in [-0.2, -0.15) is 5.10 Å². The van der Waals surface area contributed by atoms with Crippen molar-refractivity contribution < 1.29 is 0 Å². The normalized spacial score (nSPS) is 19.2. The SMILES string of the molecule is Cc1cc(-c2cnn(C3CCCNC3)c2C)ccc1Br. The number of piperidine rings is 1. The van der Waals surface area contributed by atoms with Gasteiger partial charge >= 0.3 is 0 Å². The lowest BCUT2D eigenvalue weighted by atomic mass is 10.0. The molecule has 1 aliphatic heterocycles. The summed E-state index contributed by atoms with van der Waals surface area (Å²) >= 11 is 3.56. The van der Waals surface area contributed by atoms with Crippen LogP contribution in [-0.4, -0.2) is 22.9 Å². The van der Waals surface area contributed by atoms with Gasteiger partial charge in [-0.3, -0.25) is 4.68 Å². The highest BCUT2D eigenvalue weighted by Gasteiger charge is 2.19. The standard InChI is InChI=1S/C16H20BrN3/c1-11-8-13(5-6-16(11)17)15-10-19-20(12(15)2)14-4-3-7-18-9-14/h5-6,8,10,14,18H,3-4,7,9H2,1-2H3. The molecule has 0 aliphatic carbocycles. The van der Waals surface area contributed by atoms with Crippen LogP contribution in [0.2, 0.25) is 0 Å². The van der Waals surface area contributed by atoms with Gasteiger partial charge in [0.25, 0.3) is 0 Å². The third kappa shape index (κ3) is 2.54. The van der Waals surface area contributed by atoms with Crippen LogP contribution in [0.3, 0.4) is 0 Å². The lowest BCUT2D eigenvalue weighted by Gasteiger charge is -2.24. The molecule has 1 N–H and O–H groups in total. The van der Waals surface area contributed by atoms with Crippen molar-refractivity contribution in [2.75, 3.05) is 13.1 Å². The van der Waals surface area contributed by atoms with E-state index in [0.29, 0.717) is 6.04 Å². The number of hydrogen-bond donors (Lipinski definition) is 1. The van der Waals surface area contributed by atoms with Crippen LogP contribution in [0, 0.1) is 13.8 Å². The maximum atomic E-state index is 4.63. The second-order valence-corrected chi connectivity index (χ2v) is 6.41. The predicted molar refractivity (Wildman–Crippen MR) is 86.0 cm³/mol. The molecule has 0 bridgehead atoms. The topological polar surface area (TPSA) is 29.9 Å². The Morgan fingerprint density at radius 2 is 2.20 bits per heavy atom. The molecule has 0 spiro atoms. The third-order valence-corrected chi connectivity index (χ3v) is 5.02. The molecule has 3 nitrogen and oxygen atoms in total. The average molecular weight is 334 g/mol. The molecule has 0 radical (unpaired) electrons. The summed E-state index contributed by atoms with van der Waals surface area (Å²) in [5.74, 6) is 0. The predicted octanol–water partition coefficient (Wildman–Crippen LogP) is 3.85. The maximum Gasteiger partial charge on any atom is 0.0647 e. The van der Waals surface area contributed by atoms with E-state index in [1.807, 2.05) is 6.20 Å². The highest BCUT2D eigenvalue weighted by molar-refractivity contribution is 9.10. The summed E-state index contributed by atoms with van der Waals surface area (Å²) in [4.78, 5) is 0. The van der Waals surface area contributed by atoms with E-state index in [-0.39, 0.29) is 0 Å². The van der Waals surface area contributed by atoms with Gasteiger partial charge < -0.3 is 5.32 Å². The van der Waals surface area contributed by atoms with Gasteiger partial charge in [0.05, 0.1) is 12.2 Å². The summed E-state index contributed by atoms with van der Waals surface area (Å²) in [6.45, 7) is 6.46. The van der Waals surface area contributed by atoms with Crippen LogP contribution in [0.4, 0.5) is 0 Å². The summed E-state index contributed by atoms with van der Waals surface area (Å²) in [5, 5.41) is 8.09. The first-order valence-electron chi connectivity index (χ1n) is 7.18. The van der Waals surface area contributed by atoms with E-state index in [9.17, 15) is 0 Å². The fourth-order valence-electron chi connectivity index (χ4n) is 2.93. The fraction of sp³-hybridized carbons (Fsp3) is 0.438. The summed E-state index contributed by atoms with van der Waals surface area (Å²) in [7, 11) is 0. The molecule has 0 amide bonds. The quantitative estimate of drug-likeness (QED) is 0.904. The summed E-state index contributed by atoms with van der Waals surface area (Å²) in [6, 6.07) is 6.99. The Morgan fingerprint density at radius 1 is 1.35 bits per heavy atom. The Labute approximate surface area is 128 Å². The van der Waals surface area contributed by atoms with Crippen molar-refractivity contribution in [3.05, 3.63) is 40.1 Å². The minimum atomic E-state index is 0.494. The highest BCUT2D eigenvalue weighted by atomic mass is 79.9. The van der Waals surface area contributed by atoms with Crippen LogP contribution in [0.15, 0.2) is 28.9 Å². The van der Waals surface area contributed by atoms with Gasteiger partial charge in [0.15, 0.2) is 0 Å². The summed E-state index contributed by atoms with van der Waals surface area (Å²) < 4.78 is 3.35. The van der Waals surface area contributed by atoms with Crippen molar-refractivity contribution in [3.63, 3.8) is 0 Å². The van der Waals surface area contributed by atoms with Crippen molar-refractivity contribution in [1.29, 1.82) is 0 Å². The van der Waals surface area contributed by atoms with E-state index < -0.39 is 0 Å². The van der Waals surface area contributed by atoms with Crippen LogP contribution in [0.5, 0.6) is 0 Å². The first kappa shape index (κ1) is 13.8. The minimum absolute atomic E-state index is 0.494. The lowest BCUT2D eigenvalue weighted by Crippen LogP contribution is -2.32. The molecule has 2 heterocycles. The number of rotatable bonds is 2. The van der Waals surface area contributed by atoms with Gasteiger partial charge in [0.1, 0.15) is 0 Å². The molecule has 0 saturated carbocycles. The van der Waals surface area contributed by atoms with Crippen LogP contribution in [0.25, 0.3) is 11.1 Å². The van der Waals surface area contributed by atoms with E-state index in [1.54, 1.807) is 0 Å². The van der Waals surface area contributed by atoms with Gasteiger partial charge in [-0.05, 0) is 50.4 Å². The van der Waals surface area contributed by atoms with Gasteiger partial charge in [0, 0.05) is 22.3 Å². The number of benzene rings is 1. The second kappa shape index (κ2) is 5.70. The molecule has 20 heavy (non-hydrogen) atoms. The number of hydrogen-bond acceptors (Lipinski definition) is 2. The molecule has 3 rings (SSSR count).